The van der Waals surface area contributed by atoms with E-state index in [-0.39, 0.29) is 6.61 Å². The van der Waals surface area contributed by atoms with Crippen molar-refractivity contribution in [1.29, 1.82) is 0 Å². The molecule has 0 amide bonds. The fourth-order valence-electron chi connectivity index (χ4n) is 3.51. The average molecular weight is 601 g/mol. The predicted molar refractivity (Wildman–Crippen MR) is 138 cm³/mol. The lowest BCUT2D eigenvalue weighted by molar-refractivity contribution is -0.139. The van der Waals surface area contributed by atoms with Crippen LogP contribution in [0.2, 0.25) is 10.0 Å². The molecule has 166 valence electrons. The second kappa shape index (κ2) is 10.1. The molecule has 0 unspecified atom stereocenters. The van der Waals surface area contributed by atoms with Gasteiger partial charge in [-0.05, 0) is 77.2 Å². The highest BCUT2D eigenvalue weighted by Crippen LogP contribution is 2.44. The summed E-state index contributed by atoms with van der Waals surface area (Å²) < 4.78 is 12.4. The lowest BCUT2D eigenvalue weighted by Crippen LogP contribution is -2.34. The number of hydrogen-bond donors (Lipinski definition) is 0. The zero-order valence-electron chi connectivity index (χ0n) is 17.3. The minimum absolute atomic E-state index is 0.274. The van der Waals surface area contributed by atoms with Gasteiger partial charge in [-0.1, -0.05) is 47.1 Å². The van der Waals surface area contributed by atoms with Crippen molar-refractivity contribution in [2.45, 2.75) is 26.5 Å². The highest BCUT2D eigenvalue weighted by Gasteiger charge is 2.38. The molecular weight excluding hydrogens is 582 g/mol. The zero-order valence-corrected chi connectivity index (χ0v) is 21.8. The van der Waals surface area contributed by atoms with Crippen molar-refractivity contribution in [3.8, 4) is 5.75 Å². The van der Waals surface area contributed by atoms with Crippen molar-refractivity contribution in [1.82, 2.24) is 4.90 Å². The summed E-state index contributed by atoms with van der Waals surface area (Å²) in [5, 5.41) is 3.46. The van der Waals surface area contributed by atoms with Gasteiger partial charge in [0.15, 0.2) is 10.9 Å². The van der Waals surface area contributed by atoms with Gasteiger partial charge in [0.25, 0.3) is 0 Å². The third kappa shape index (κ3) is 4.81. The molecule has 9 heteroatoms. The summed E-state index contributed by atoms with van der Waals surface area (Å²) in [5.41, 5.74) is 2.84. The molecule has 32 heavy (non-hydrogen) atoms. The van der Waals surface area contributed by atoms with E-state index in [4.69, 9.17) is 32.7 Å². The molecule has 1 atom stereocenters. The number of hydrogen-bond acceptors (Lipinski definition) is 6. The first-order chi connectivity index (χ1) is 15.4. The Labute approximate surface area is 214 Å². The highest BCUT2D eigenvalue weighted by atomic mass is 127. The summed E-state index contributed by atoms with van der Waals surface area (Å²) in [4.78, 5) is 19.3. The van der Waals surface area contributed by atoms with Gasteiger partial charge in [0.05, 0.1) is 34.0 Å². The zero-order chi connectivity index (χ0) is 22.8. The van der Waals surface area contributed by atoms with Gasteiger partial charge in [-0.25, -0.2) is 9.79 Å². The summed E-state index contributed by atoms with van der Waals surface area (Å²) in [5.74, 6) is -0.000519. The van der Waals surface area contributed by atoms with Crippen molar-refractivity contribution in [3.05, 3.63) is 84.0 Å². The number of nitrogens with zero attached hydrogens (tertiary/aromatic N) is 2. The Kier molecular flexibility index (Phi) is 7.39. The van der Waals surface area contributed by atoms with Crippen LogP contribution >= 0.6 is 57.6 Å². The number of ether oxygens (including phenoxy) is 2. The summed E-state index contributed by atoms with van der Waals surface area (Å²) in [7, 11) is 0. The topological polar surface area (TPSA) is 51.1 Å². The van der Waals surface area contributed by atoms with E-state index in [9.17, 15) is 4.79 Å². The number of esters is 1. The number of benzene rings is 2. The number of rotatable bonds is 6. The summed E-state index contributed by atoms with van der Waals surface area (Å²) >= 11 is 16.9. The van der Waals surface area contributed by atoms with E-state index < -0.39 is 12.0 Å². The third-order valence-electron chi connectivity index (χ3n) is 4.95. The molecule has 2 aliphatic heterocycles. The van der Waals surface area contributed by atoms with Crippen LogP contribution in [0.15, 0.2) is 64.3 Å². The van der Waals surface area contributed by atoms with Crippen LogP contribution in [0.1, 0.15) is 31.0 Å². The van der Waals surface area contributed by atoms with Crippen LogP contribution in [0.5, 0.6) is 5.75 Å². The largest absolute Gasteiger partial charge is 0.486 e. The number of carbonyl (C=O) groups excluding carboxylic acids is 1. The number of thioether (sulfide) groups is 1. The Morgan fingerprint density at radius 3 is 2.56 bits per heavy atom. The van der Waals surface area contributed by atoms with Gasteiger partial charge in [-0.3, -0.25) is 0 Å². The molecule has 0 bridgehead atoms. The lowest BCUT2D eigenvalue weighted by Gasteiger charge is -2.33. The molecule has 4 rings (SSSR count). The second-order valence-corrected chi connectivity index (χ2v) is 9.99. The van der Waals surface area contributed by atoms with Crippen LogP contribution in [0, 0.1) is 3.57 Å². The number of fused-ring (bicyclic) bond motifs is 1. The van der Waals surface area contributed by atoms with Gasteiger partial charge in [0.1, 0.15) is 6.61 Å². The first-order valence-corrected chi connectivity index (χ1v) is 12.5. The predicted octanol–water partition coefficient (Wildman–Crippen LogP) is 6.94. The molecule has 0 radical (unpaired) electrons. The van der Waals surface area contributed by atoms with Crippen LogP contribution < -0.4 is 4.74 Å². The Morgan fingerprint density at radius 2 is 1.91 bits per heavy atom. The molecule has 5 nitrogen and oxygen atoms in total. The van der Waals surface area contributed by atoms with Crippen LogP contribution in [0.3, 0.4) is 0 Å². The molecule has 2 aliphatic rings. The quantitative estimate of drug-likeness (QED) is 0.265. The first kappa shape index (κ1) is 23.5. The van der Waals surface area contributed by atoms with Gasteiger partial charge in [0.2, 0.25) is 0 Å². The van der Waals surface area contributed by atoms with Crippen LogP contribution in [0.25, 0.3) is 0 Å². The first-order valence-electron chi connectivity index (χ1n) is 9.83. The average Bonchev–Trinajstić information content (AvgIpc) is 3.21. The minimum atomic E-state index is -0.451. The molecule has 2 aromatic rings. The van der Waals surface area contributed by atoms with Gasteiger partial charge in [-0.15, -0.1) is 0 Å². The number of amidine groups is 1. The van der Waals surface area contributed by atoms with E-state index in [0.717, 1.165) is 19.9 Å². The Bertz CT molecular complexity index is 1130. The normalized spacial score (nSPS) is 17.3. The molecule has 0 fully saturated rings. The lowest BCUT2D eigenvalue weighted by atomic mass is 9.94. The maximum atomic E-state index is 12.8. The summed E-state index contributed by atoms with van der Waals surface area (Å²) in [6.07, 6.45) is 1.89. The number of carbonyl (C=O) groups is 1. The molecule has 0 aromatic heterocycles. The fraction of sp³-hybridized carbons (Fsp3) is 0.217. The molecule has 2 aromatic carbocycles. The van der Waals surface area contributed by atoms with Gasteiger partial charge < -0.3 is 14.4 Å². The molecule has 0 spiro atoms. The van der Waals surface area contributed by atoms with Crippen LogP contribution in [-0.4, -0.2) is 22.6 Å². The number of halogens is 3. The van der Waals surface area contributed by atoms with Gasteiger partial charge in [-0.2, -0.15) is 0 Å². The maximum Gasteiger partial charge on any atom is 0.338 e. The van der Waals surface area contributed by atoms with Gasteiger partial charge in [0, 0.05) is 9.77 Å². The standard InChI is InChI=1S/C23H19Cl2IN2O3S/c1-3-30-22(29)19-13(2)27-23-28(8-9-32-23)20(19)15-10-17(24)21(18(25)11-15)31-12-14-4-6-16(26)7-5-14/h4-11,20H,3,12H2,1-2H3/t20-/m0/s1. The smallest absolute Gasteiger partial charge is 0.338 e. The van der Waals surface area contributed by atoms with E-state index >= 15 is 0 Å². The molecule has 0 saturated heterocycles. The van der Waals surface area contributed by atoms with Crippen LogP contribution in [0.4, 0.5) is 0 Å². The van der Waals surface area contributed by atoms with Gasteiger partial charge >= 0.3 is 5.97 Å². The Morgan fingerprint density at radius 1 is 1.22 bits per heavy atom. The van der Waals surface area contributed by atoms with E-state index in [2.05, 4.69) is 27.6 Å². The molecule has 2 heterocycles. The second-order valence-electron chi connectivity index (χ2n) is 7.06. The summed E-state index contributed by atoms with van der Waals surface area (Å²) in [6, 6.07) is 11.1. The van der Waals surface area contributed by atoms with E-state index in [0.29, 0.717) is 33.7 Å². The van der Waals surface area contributed by atoms with Crippen molar-refractivity contribution in [3.63, 3.8) is 0 Å². The number of allylic oxidation sites excluding steroid dienone is 1. The maximum absolute atomic E-state index is 12.8. The SMILES string of the molecule is CCOC(=O)C1=C(C)N=C2SC=CN2[C@H]1c1cc(Cl)c(OCc2ccc(I)cc2)c(Cl)c1. The Balaban J connectivity index is 1.67. The monoisotopic (exact) mass is 600 g/mol. The van der Waals surface area contributed by atoms with Crippen molar-refractivity contribution in [2.75, 3.05) is 6.61 Å². The molecule has 0 saturated carbocycles. The number of aliphatic imine (C=N–C) groups is 1. The van der Waals surface area contributed by atoms with E-state index in [1.54, 1.807) is 19.1 Å². The minimum Gasteiger partial charge on any atom is -0.486 e. The highest BCUT2D eigenvalue weighted by molar-refractivity contribution is 14.1. The molecular formula is C23H19Cl2IN2O3S. The summed E-state index contributed by atoms with van der Waals surface area (Å²) in [6.45, 7) is 4.20. The molecule has 0 N–H and O–H groups in total. The van der Waals surface area contributed by atoms with Crippen molar-refractivity contribution in [2.24, 2.45) is 4.99 Å². The Hall–Kier alpha value is -1.68. The van der Waals surface area contributed by atoms with Crippen LogP contribution in [-0.2, 0) is 16.1 Å². The molecule has 0 aliphatic carbocycles. The van der Waals surface area contributed by atoms with E-state index in [1.807, 2.05) is 47.7 Å². The van der Waals surface area contributed by atoms with E-state index in [1.165, 1.54) is 11.8 Å². The third-order valence-corrected chi connectivity index (χ3v) is 7.00. The fourth-order valence-corrected chi connectivity index (χ4v) is 5.27. The van der Waals surface area contributed by atoms with Crippen molar-refractivity contribution >= 4 is 68.7 Å². The van der Waals surface area contributed by atoms with Crippen molar-refractivity contribution < 1.29 is 14.3 Å².